The summed E-state index contributed by atoms with van der Waals surface area (Å²) in [5.74, 6) is 1.18. The molecule has 0 radical (unpaired) electrons. The molecule has 0 unspecified atom stereocenters. The van der Waals surface area contributed by atoms with E-state index in [1.54, 1.807) is 4.90 Å². The number of rotatable bonds is 6. The Morgan fingerprint density at radius 2 is 1.90 bits per heavy atom. The first-order chi connectivity index (χ1) is 13.7. The molecule has 1 aromatic heterocycles. The molecule has 0 aliphatic carbocycles. The molecule has 2 aromatic rings. The van der Waals surface area contributed by atoms with Crippen LogP contribution < -0.4 is 10.1 Å². The summed E-state index contributed by atoms with van der Waals surface area (Å²) < 4.78 is 7.60. The minimum absolute atomic E-state index is 0.0321. The summed E-state index contributed by atoms with van der Waals surface area (Å²) in [6, 6.07) is 10.1. The largest absolute Gasteiger partial charge is 0.484 e. The fourth-order valence-corrected chi connectivity index (χ4v) is 3.63. The molecule has 0 spiro atoms. The molecule has 29 heavy (non-hydrogen) atoms. The van der Waals surface area contributed by atoms with Crippen LogP contribution in [-0.2, 0) is 23.8 Å². The Balaban J connectivity index is 1.53. The molecule has 1 amide bonds. The van der Waals surface area contributed by atoms with Crippen LogP contribution in [0.5, 0.6) is 5.75 Å². The van der Waals surface area contributed by atoms with Crippen molar-refractivity contribution in [1.82, 2.24) is 20.0 Å². The first-order valence-electron chi connectivity index (χ1n) is 10.4. The van der Waals surface area contributed by atoms with E-state index in [2.05, 4.69) is 49.4 Å². The highest BCUT2D eigenvalue weighted by molar-refractivity contribution is 5.77. The van der Waals surface area contributed by atoms with Gasteiger partial charge in [-0.1, -0.05) is 32.9 Å². The summed E-state index contributed by atoms with van der Waals surface area (Å²) in [4.78, 5) is 14.2. The monoisotopic (exact) mass is 398 g/mol. The Morgan fingerprint density at radius 1 is 1.24 bits per heavy atom. The number of amides is 1. The van der Waals surface area contributed by atoms with Gasteiger partial charge in [0.1, 0.15) is 5.75 Å². The van der Waals surface area contributed by atoms with Crippen molar-refractivity contribution in [1.29, 1.82) is 0 Å². The van der Waals surface area contributed by atoms with E-state index in [0.29, 0.717) is 18.2 Å². The molecule has 1 N–H and O–H groups in total. The molecule has 1 aliphatic heterocycles. The maximum Gasteiger partial charge on any atom is 0.260 e. The van der Waals surface area contributed by atoms with Crippen molar-refractivity contribution in [2.24, 2.45) is 7.05 Å². The van der Waals surface area contributed by atoms with Gasteiger partial charge >= 0.3 is 0 Å². The van der Waals surface area contributed by atoms with Gasteiger partial charge in [-0.15, -0.1) is 0 Å². The van der Waals surface area contributed by atoms with Crippen molar-refractivity contribution < 1.29 is 9.53 Å². The van der Waals surface area contributed by atoms with Crippen molar-refractivity contribution in [2.45, 2.75) is 51.5 Å². The van der Waals surface area contributed by atoms with Crippen LogP contribution in [0.4, 0.5) is 0 Å². The Bertz CT molecular complexity index is 814. The van der Waals surface area contributed by atoms with Gasteiger partial charge in [-0.2, -0.15) is 5.10 Å². The number of hydrogen-bond acceptors (Lipinski definition) is 4. The summed E-state index contributed by atoms with van der Waals surface area (Å²) in [6.07, 6.45) is 2.24. The van der Waals surface area contributed by atoms with Crippen LogP contribution in [0.3, 0.4) is 0 Å². The number of likely N-dealkylation sites (N-methyl/N-ethyl adjacent to an activating group) is 1. The highest BCUT2D eigenvalue weighted by atomic mass is 16.5. The lowest BCUT2D eigenvalue weighted by Crippen LogP contribution is -2.31. The summed E-state index contributed by atoms with van der Waals surface area (Å²) in [5, 5.41) is 8.08. The fourth-order valence-electron chi connectivity index (χ4n) is 3.63. The maximum absolute atomic E-state index is 12.5. The van der Waals surface area contributed by atoms with E-state index in [4.69, 9.17) is 4.74 Å². The molecule has 1 saturated heterocycles. The van der Waals surface area contributed by atoms with Crippen LogP contribution in [0.25, 0.3) is 0 Å². The zero-order chi connectivity index (χ0) is 21.0. The number of carbonyl (C=O) groups is 1. The van der Waals surface area contributed by atoms with Crippen LogP contribution in [0.1, 0.15) is 56.5 Å². The van der Waals surface area contributed by atoms with Gasteiger partial charge in [-0.3, -0.25) is 9.48 Å². The van der Waals surface area contributed by atoms with Gasteiger partial charge in [-0.25, -0.2) is 0 Å². The lowest BCUT2D eigenvalue weighted by molar-refractivity contribution is -0.132. The van der Waals surface area contributed by atoms with Crippen molar-refractivity contribution in [3.63, 3.8) is 0 Å². The zero-order valence-electron chi connectivity index (χ0n) is 18.4. The van der Waals surface area contributed by atoms with Gasteiger partial charge in [0, 0.05) is 20.0 Å². The highest BCUT2D eigenvalue weighted by Gasteiger charge is 2.20. The molecule has 1 aliphatic rings. The highest BCUT2D eigenvalue weighted by Crippen LogP contribution is 2.25. The van der Waals surface area contributed by atoms with E-state index in [-0.39, 0.29) is 17.9 Å². The second-order valence-corrected chi connectivity index (χ2v) is 9.02. The third-order valence-corrected chi connectivity index (χ3v) is 5.66. The van der Waals surface area contributed by atoms with E-state index in [9.17, 15) is 4.79 Å². The number of aromatic nitrogens is 2. The second kappa shape index (κ2) is 8.99. The molecule has 6 heteroatoms. The van der Waals surface area contributed by atoms with E-state index < -0.39 is 0 Å². The van der Waals surface area contributed by atoms with Crippen LogP contribution >= 0.6 is 0 Å². The SMILES string of the molecule is CN(Cc1cc(C2CCNCC2)nn1C)C(=O)COc1ccc(C(C)(C)C)cc1. The summed E-state index contributed by atoms with van der Waals surface area (Å²) >= 11 is 0. The van der Waals surface area contributed by atoms with Crippen LogP contribution in [0.2, 0.25) is 0 Å². The smallest absolute Gasteiger partial charge is 0.260 e. The molecule has 2 heterocycles. The molecule has 3 rings (SSSR count). The van der Waals surface area contributed by atoms with Crippen molar-refractivity contribution in [2.75, 3.05) is 26.7 Å². The Kier molecular flexibility index (Phi) is 6.63. The van der Waals surface area contributed by atoms with E-state index >= 15 is 0 Å². The molecule has 158 valence electrons. The van der Waals surface area contributed by atoms with Gasteiger partial charge in [0.2, 0.25) is 0 Å². The third kappa shape index (κ3) is 5.60. The summed E-state index contributed by atoms with van der Waals surface area (Å²) in [7, 11) is 3.76. The Labute approximate surface area is 174 Å². The number of nitrogens with zero attached hydrogens (tertiary/aromatic N) is 3. The van der Waals surface area contributed by atoms with E-state index in [0.717, 1.165) is 37.3 Å². The third-order valence-electron chi connectivity index (χ3n) is 5.66. The number of hydrogen-bond donors (Lipinski definition) is 1. The van der Waals surface area contributed by atoms with E-state index in [1.807, 2.05) is 30.9 Å². The number of nitrogens with one attached hydrogen (secondary N) is 1. The molecule has 1 fully saturated rings. The standard InChI is InChI=1S/C23H34N4O2/c1-23(2,3)18-6-8-20(9-7-18)29-16-22(28)26(4)15-19-14-21(25-27(19)5)17-10-12-24-13-11-17/h6-9,14,17,24H,10-13,15-16H2,1-5H3. The molecule has 1 aromatic carbocycles. The number of carbonyl (C=O) groups excluding carboxylic acids is 1. The lowest BCUT2D eigenvalue weighted by Gasteiger charge is -2.20. The maximum atomic E-state index is 12.5. The second-order valence-electron chi connectivity index (χ2n) is 9.02. The van der Waals surface area contributed by atoms with Gasteiger partial charge in [0.25, 0.3) is 5.91 Å². The average molecular weight is 399 g/mol. The minimum atomic E-state index is -0.0467. The Morgan fingerprint density at radius 3 is 2.52 bits per heavy atom. The molecule has 6 nitrogen and oxygen atoms in total. The molecule has 0 atom stereocenters. The quantitative estimate of drug-likeness (QED) is 0.812. The normalized spacial score (nSPS) is 15.3. The first kappa shape index (κ1) is 21.4. The molecular weight excluding hydrogens is 364 g/mol. The van der Waals surface area contributed by atoms with Gasteiger partial charge in [-0.05, 0) is 55.1 Å². The molecule has 0 saturated carbocycles. The number of benzene rings is 1. The predicted molar refractivity (Wildman–Crippen MR) is 115 cm³/mol. The van der Waals surface area contributed by atoms with Gasteiger partial charge in [0.05, 0.1) is 17.9 Å². The Hall–Kier alpha value is -2.34. The minimum Gasteiger partial charge on any atom is -0.484 e. The fraction of sp³-hybridized carbons (Fsp3) is 0.565. The van der Waals surface area contributed by atoms with Gasteiger partial charge < -0.3 is 15.0 Å². The van der Waals surface area contributed by atoms with E-state index in [1.165, 1.54) is 5.56 Å². The average Bonchev–Trinajstić information content (AvgIpc) is 3.06. The predicted octanol–water partition coefficient (Wildman–Crippen LogP) is 3.22. The molecular formula is C23H34N4O2. The number of aryl methyl sites for hydroxylation is 1. The van der Waals surface area contributed by atoms with Crippen LogP contribution in [-0.4, -0.2) is 47.3 Å². The summed E-state index contributed by atoms with van der Waals surface area (Å²) in [5.41, 5.74) is 3.53. The van der Waals surface area contributed by atoms with Crippen molar-refractivity contribution in [3.8, 4) is 5.75 Å². The number of piperidine rings is 1. The number of ether oxygens (including phenoxy) is 1. The summed E-state index contributed by atoms with van der Waals surface area (Å²) in [6.45, 7) is 9.18. The molecule has 0 bridgehead atoms. The van der Waals surface area contributed by atoms with Crippen molar-refractivity contribution in [3.05, 3.63) is 47.3 Å². The zero-order valence-corrected chi connectivity index (χ0v) is 18.4. The van der Waals surface area contributed by atoms with Crippen LogP contribution in [0, 0.1) is 0 Å². The topological polar surface area (TPSA) is 59.4 Å². The first-order valence-corrected chi connectivity index (χ1v) is 10.4. The van der Waals surface area contributed by atoms with Crippen LogP contribution in [0.15, 0.2) is 30.3 Å². The lowest BCUT2D eigenvalue weighted by atomic mass is 9.87. The van der Waals surface area contributed by atoms with Gasteiger partial charge in [0.15, 0.2) is 6.61 Å². The van der Waals surface area contributed by atoms with Crippen molar-refractivity contribution >= 4 is 5.91 Å².